The number of methoxy groups -OCH3 is 1. The molecule has 0 aliphatic carbocycles. The van der Waals surface area contributed by atoms with Gasteiger partial charge < -0.3 is 14.7 Å². The first-order valence-corrected chi connectivity index (χ1v) is 6.68. The molecule has 0 aromatic carbocycles. The Labute approximate surface area is 113 Å². The molecule has 1 aliphatic rings. The number of hydrogen-bond acceptors (Lipinski definition) is 5. The van der Waals surface area contributed by atoms with Crippen molar-refractivity contribution in [3.8, 4) is 0 Å². The smallest absolute Gasteiger partial charge is 0.338 e. The third-order valence-corrected chi connectivity index (χ3v) is 3.55. The van der Waals surface area contributed by atoms with Crippen molar-refractivity contribution in [2.75, 3.05) is 25.2 Å². The zero-order valence-corrected chi connectivity index (χ0v) is 11.2. The van der Waals surface area contributed by atoms with E-state index >= 15 is 0 Å². The predicted octanol–water partition coefficient (Wildman–Crippen LogP) is 1.61. The highest BCUT2D eigenvalue weighted by Gasteiger charge is 2.22. The SMILES string of the molecule is COC(=O)c1ccnc(N2CCCCCC2CO)c1. The summed E-state index contributed by atoms with van der Waals surface area (Å²) in [5.41, 5.74) is 0.494. The Balaban J connectivity index is 2.25. The molecule has 1 fully saturated rings. The summed E-state index contributed by atoms with van der Waals surface area (Å²) in [5.74, 6) is 0.378. The minimum atomic E-state index is -0.362. The highest BCUT2D eigenvalue weighted by Crippen LogP contribution is 2.23. The zero-order chi connectivity index (χ0) is 13.7. The van der Waals surface area contributed by atoms with E-state index in [2.05, 4.69) is 9.88 Å². The number of pyridine rings is 1. The normalized spacial score (nSPS) is 19.9. The van der Waals surface area contributed by atoms with Gasteiger partial charge in [0.05, 0.1) is 25.3 Å². The first-order valence-electron chi connectivity index (χ1n) is 6.68. The molecule has 0 bridgehead atoms. The second-order valence-electron chi connectivity index (χ2n) is 4.77. The lowest BCUT2D eigenvalue weighted by Gasteiger charge is -2.29. The van der Waals surface area contributed by atoms with Crippen molar-refractivity contribution in [2.45, 2.75) is 31.7 Å². The van der Waals surface area contributed by atoms with Crippen LogP contribution in [0.4, 0.5) is 5.82 Å². The minimum absolute atomic E-state index is 0.0860. The number of aliphatic hydroxyl groups excluding tert-OH is 1. The van der Waals surface area contributed by atoms with Gasteiger partial charge in [-0.2, -0.15) is 0 Å². The van der Waals surface area contributed by atoms with Crippen LogP contribution in [0, 0.1) is 0 Å². The van der Waals surface area contributed by atoms with Crippen molar-refractivity contribution in [3.05, 3.63) is 23.9 Å². The highest BCUT2D eigenvalue weighted by molar-refractivity contribution is 5.90. The summed E-state index contributed by atoms with van der Waals surface area (Å²) in [6.07, 6.45) is 5.95. The Morgan fingerprint density at radius 1 is 1.53 bits per heavy atom. The number of carbonyl (C=O) groups is 1. The molecule has 1 saturated heterocycles. The zero-order valence-electron chi connectivity index (χ0n) is 11.2. The van der Waals surface area contributed by atoms with Crippen LogP contribution < -0.4 is 4.90 Å². The van der Waals surface area contributed by atoms with E-state index in [4.69, 9.17) is 4.74 Å². The molecule has 2 rings (SSSR count). The van der Waals surface area contributed by atoms with Crippen LogP contribution in [-0.4, -0.2) is 42.4 Å². The molecule has 1 N–H and O–H groups in total. The standard InChI is InChI=1S/C14H20N2O3/c1-19-14(18)11-6-7-15-13(9-11)16-8-4-2-3-5-12(16)10-17/h6-7,9,12,17H,2-5,8,10H2,1H3. The van der Waals surface area contributed by atoms with E-state index in [0.29, 0.717) is 5.56 Å². The first-order chi connectivity index (χ1) is 9.26. The van der Waals surface area contributed by atoms with Crippen LogP contribution in [0.5, 0.6) is 0 Å². The maximum atomic E-state index is 11.5. The molecule has 0 radical (unpaired) electrons. The van der Waals surface area contributed by atoms with Gasteiger partial charge in [0.15, 0.2) is 0 Å². The molecule has 1 atom stereocenters. The topological polar surface area (TPSA) is 62.7 Å². The lowest BCUT2D eigenvalue weighted by Crippen LogP contribution is -2.38. The van der Waals surface area contributed by atoms with Crippen LogP contribution in [0.15, 0.2) is 18.3 Å². The Morgan fingerprint density at radius 3 is 3.11 bits per heavy atom. The molecule has 1 aliphatic heterocycles. The van der Waals surface area contributed by atoms with Crippen LogP contribution in [0.3, 0.4) is 0 Å². The predicted molar refractivity (Wildman–Crippen MR) is 72.3 cm³/mol. The van der Waals surface area contributed by atoms with Crippen LogP contribution in [0.1, 0.15) is 36.0 Å². The molecule has 0 saturated carbocycles. The molecule has 2 heterocycles. The van der Waals surface area contributed by atoms with Crippen molar-refractivity contribution in [3.63, 3.8) is 0 Å². The van der Waals surface area contributed by atoms with E-state index in [1.807, 2.05) is 0 Å². The summed E-state index contributed by atoms with van der Waals surface area (Å²) < 4.78 is 4.72. The Hall–Kier alpha value is -1.62. The quantitative estimate of drug-likeness (QED) is 0.840. The van der Waals surface area contributed by atoms with Gasteiger partial charge in [-0.1, -0.05) is 12.8 Å². The van der Waals surface area contributed by atoms with Crippen LogP contribution in [0.25, 0.3) is 0 Å². The molecule has 0 amide bonds. The Kier molecular flexibility index (Phi) is 4.74. The van der Waals surface area contributed by atoms with Crippen molar-refractivity contribution in [2.24, 2.45) is 0 Å². The van der Waals surface area contributed by atoms with Gasteiger partial charge >= 0.3 is 5.97 Å². The number of carbonyl (C=O) groups excluding carboxylic acids is 1. The average molecular weight is 264 g/mol. The molecule has 0 spiro atoms. The van der Waals surface area contributed by atoms with E-state index in [1.165, 1.54) is 13.5 Å². The fourth-order valence-electron chi connectivity index (χ4n) is 2.49. The number of aromatic nitrogens is 1. The van der Waals surface area contributed by atoms with Gasteiger partial charge in [0.25, 0.3) is 0 Å². The second kappa shape index (κ2) is 6.52. The molecule has 5 heteroatoms. The Bertz CT molecular complexity index is 436. The minimum Gasteiger partial charge on any atom is -0.465 e. The largest absolute Gasteiger partial charge is 0.465 e. The first kappa shape index (κ1) is 13.8. The van der Waals surface area contributed by atoms with E-state index in [0.717, 1.165) is 31.6 Å². The molecule has 1 unspecified atom stereocenters. The van der Waals surface area contributed by atoms with Crippen molar-refractivity contribution < 1.29 is 14.6 Å². The van der Waals surface area contributed by atoms with E-state index in [1.54, 1.807) is 18.3 Å². The maximum Gasteiger partial charge on any atom is 0.338 e. The summed E-state index contributed by atoms with van der Waals surface area (Å²) in [4.78, 5) is 18.0. The van der Waals surface area contributed by atoms with Gasteiger partial charge in [-0.3, -0.25) is 0 Å². The van der Waals surface area contributed by atoms with E-state index in [-0.39, 0.29) is 18.6 Å². The van der Waals surface area contributed by atoms with E-state index in [9.17, 15) is 9.90 Å². The lowest BCUT2D eigenvalue weighted by atomic mass is 10.1. The molecule has 1 aromatic rings. The van der Waals surface area contributed by atoms with Gasteiger partial charge in [0, 0.05) is 12.7 Å². The summed E-state index contributed by atoms with van der Waals surface area (Å²) in [6.45, 7) is 0.979. The fraction of sp³-hybridized carbons (Fsp3) is 0.571. The third kappa shape index (κ3) is 3.23. The second-order valence-corrected chi connectivity index (χ2v) is 4.77. The van der Waals surface area contributed by atoms with Gasteiger partial charge in [0.2, 0.25) is 0 Å². The van der Waals surface area contributed by atoms with Crippen LogP contribution in [0.2, 0.25) is 0 Å². The number of aliphatic hydroxyl groups is 1. The molecular formula is C14H20N2O3. The molecule has 1 aromatic heterocycles. The number of rotatable bonds is 3. The van der Waals surface area contributed by atoms with E-state index < -0.39 is 0 Å². The summed E-state index contributed by atoms with van der Waals surface area (Å²) in [5, 5.41) is 9.51. The highest BCUT2D eigenvalue weighted by atomic mass is 16.5. The number of nitrogens with zero attached hydrogens (tertiary/aromatic N) is 2. The van der Waals surface area contributed by atoms with Crippen LogP contribution in [-0.2, 0) is 4.74 Å². The maximum absolute atomic E-state index is 11.5. The van der Waals surface area contributed by atoms with Gasteiger partial charge in [-0.25, -0.2) is 9.78 Å². The number of anilines is 1. The molecule has 5 nitrogen and oxygen atoms in total. The number of hydrogen-bond donors (Lipinski definition) is 1. The Morgan fingerprint density at radius 2 is 2.37 bits per heavy atom. The van der Waals surface area contributed by atoms with Crippen LogP contribution >= 0.6 is 0 Å². The van der Waals surface area contributed by atoms with Gasteiger partial charge in [-0.15, -0.1) is 0 Å². The third-order valence-electron chi connectivity index (χ3n) is 3.55. The lowest BCUT2D eigenvalue weighted by molar-refractivity contribution is 0.0600. The van der Waals surface area contributed by atoms with Gasteiger partial charge in [-0.05, 0) is 25.0 Å². The van der Waals surface area contributed by atoms with Crippen molar-refractivity contribution >= 4 is 11.8 Å². The monoisotopic (exact) mass is 264 g/mol. The summed E-state index contributed by atoms with van der Waals surface area (Å²) in [7, 11) is 1.37. The number of esters is 1. The summed E-state index contributed by atoms with van der Waals surface area (Å²) >= 11 is 0. The number of ether oxygens (including phenoxy) is 1. The molecule has 104 valence electrons. The molecule has 19 heavy (non-hydrogen) atoms. The van der Waals surface area contributed by atoms with Crippen molar-refractivity contribution in [1.82, 2.24) is 4.98 Å². The molecular weight excluding hydrogens is 244 g/mol. The van der Waals surface area contributed by atoms with Gasteiger partial charge in [0.1, 0.15) is 5.82 Å². The van der Waals surface area contributed by atoms with Crippen molar-refractivity contribution in [1.29, 1.82) is 0 Å². The fourth-order valence-corrected chi connectivity index (χ4v) is 2.49. The average Bonchev–Trinajstić information content (AvgIpc) is 2.71. The summed E-state index contributed by atoms with van der Waals surface area (Å²) in [6, 6.07) is 3.46.